The van der Waals surface area contributed by atoms with Gasteiger partial charge in [0.05, 0.1) is 0 Å². The molecule has 1 amide bonds. The summed E-state index contributed by atoms with van der Waals surface area (Å²) in [4.78, 5) is 10.7. The van der Waals surface area contributed by atoms with Gasteiger partial charge in [-0.05, 0) is 0 Å². The predicted molar refractivity (Wildman–Crippen MR) is 91.5 cm³/mol. The number of aromatic hydroxyl groups is 2. The molecule has 0 radical (unpaired) electrons. The molecule has 12 heteroatoms. The topological polar surface area (TPSA) is 176 Å². The Morgan fingerprint density at radius 2 is 1.85 bits per heavy atom. The summed E-state index contributed by atoms with van der Waals surface area (Å²) in [5.41, 5.74) is 4.89. The average molecular weight is 446 g/mol. The summed E-state index contributed by atoms with van der Waals surface area (Å²) in [7, 11) is -4.71. The molecule has 0 heterocycles. The maximum absolute atomic E-state index is 12.6. The average Bonchev–Trinajstić information content (AvgIpc) is 2.48. The summed E-state index contributed by atoms with van der Waals surface area (Å²) < 4.78 is 51.4. The maximum atomic E-state index is 12.6. The van der Waals surface area contributed by atoms with Gasteiger partial charge in [-0.1, -0.05) is 0 Å². The molecule has 0 saturated heterocycles. The number of hydrogen-bond donors (Lipinski definition) is 5. The third-order valence-corrected chi connectivity index (χ3v) is 8.91. The van der Waals surface area contributed by atoms with E-state index in [1.54, 1.807) is 0 Å². The summed E-state index contributed by atoms with van der Waals surface area (Å²) in [5.74, 6) is -1.29. The monoisotopic (exact) mass is 446 g/mol. The van der Waals surface area contributed by atoms with E-state index in [2.05, 4.69) is 8.49 Å². The zero-order valence-electron chi connectivity index (χ0n) is 13.3. The minimum atomic E-state index is -5.73. The van der Waals surface area contributed by atoms with Gasteiger partial charge in [0.25, 0.3) is 0 Å². The van der Waals surface area contributed by atoms with Gasteiger partial charge in [0.2, 0.25) is 0 Å². The van der Waals surface area contributed by atoms with E-state index in [9.17, 15) is 31.3 Å². The van der Waals surface area contributed by atoms with Crippen LogP contribution in [0.2, 0.25) is 0 Å². The molecule has 140 valence electrons. The quantitative estimate of drug-likeness (QED) is 0.233. The number of amides is 1. The molecule has 0 saturated carbocycles. The molecule has 0 aromatic heterocycles. The van der Waals surface area contributed by atoms with Gasteiger partial charge in [-0.3, -0.25) is 0 Å². The van der Waals surface area contributed by atoms with E-state index in [0.29, 0.717) is 0 Å². The van der Waals surface area contributed by atoms with Crippen LogP contribution in [-0.4, -0.2) is 42.8 Å². The van der Waals surface area contributed by atoms with Gasteiger partial charge in [-0.2, -0.15) is 0 Å². The number of phenols is 2. The van der Waals surface area contributed by atoms with E-state index in [1.807, 2.05) is 0 Å². The Balaban J connectivity index is 2.46. The van der Waals surface area contributed by atoms with Crippen LogP contribution in [0.1, 0.15) is 6.92 Å². The number of nitrogen functional groups attached to an aromatic ring is 1. The summed E-state index contributed by atoms with van der Waals surface area (Å²) in [6.07, 6.45) is 0. The summed E-state index contributed by atoms with van der Waals surface area (Å²) >= 11 is -5.73. The number of rotatable bonds is 5. The molecule has 0 fully saturated rings. The molecule has 0 aliphatic carbocycles. The number of benzene rings is 2. The number of carbonyl (C=O) groups excluding carboxylic acids is 1. The molecule has 0 bridgehead atoms. The second kappa shape index (κ2) is 7.04. The van der Waals surface area contributed by atoms with Crippen molar-refractivity contribution in [2.75, 3.05) is 11.1 Å². The first kappa shape index (κ1) is 19.9. The zero-order chi connectivity index (χ0) is 19.7. The van der Waals surface area contributed by atoms with Crippen molar-refractivity contribution in [1.82, 2.24) is 0 Å². The second-order valence-corrected chi connectivity index (χ2v) is 10.8. The van der Waals surface area contributed by atoms with Gasteiger partial charge in [-0.25, -0.2) is 0 Å². The second-order valence-electron chi connectivity index (χ2n) is 5.15. The van der Waals surface area contributed by atoms with Crippen LogP contribution in [0.25, 0.3) is 0 Å². The summed E-state index contributed by atoms with van der Waals surface area (Å²) in [6, 6.07) is 5.80. The van der Waals surface area contributed by atoms with E-state index >= 15 is 0 Å². The zero-order valence-corrected chi connectivity index (χ0v) is 16.0. The molecule has 0 aliphatic rings. The molecule has 1 unspecified atom stereocenters. The number of carbonyl (C=O) groups is 1. The van der Waals surface area contributed by atoms with Gasteiger partial charge in [0, 0.05) is 0 Å². The fourth-order valence-electron chi connectivity index (χ4n) is 1.96. The van der Waals surface area contributed by atoms with Crippen molar-refractivity contribution < 1.29 is 34.4 Å². The molecule has 10 nitrogen and oxygen atoms in total. The number of phenolic OH excluding ortho intramolecular Hbond substituents is 2. The van der Waals surface area contributed by atoms with Crippen LogP contribution in [0.3, 0.4) is 0 Å². The van der Waals surface area contributed by atoms with Crippen molar-refractivity contribution in [3.63, 3.8) is 0 Å². The van der Waals surface area contributed by atoms with Crippen molar-refractivity contribution in [2.45, 2.75) is 11.8 Å². The third-order valence-electron chi connectivity index (χ3n) is 3.08. The van der Waals surface area contributed by atoms with Crippen LogP contribution < -0.4 is 15.4 Å². The Morgan fingerprint density at radius 3 is 2.42 bits per heavy atom. The fourth-order valence-corrected chi connectivity index (χ4v) is 7.07. The number of anilines is 2. The Morgan fingerprint density at radius 1 is 1.19 bits per heavy atom. The van der Waals surface area contributed by atoms with E-state index in [0.717, 1.165) is 43.3 Å². The van der Waals surface area contributed by atoms with Crippen LogP contribution in [0, 0.1) is 0 Å². The Bertz CT molecular complexity index is 1020. The van der Waals surface area contributed by atoms with E-state index in [1.165, 1.54) is 0 Å². The van der Waals surface area contributed by atoms with E-state index in [4.69, 9.17) is 5.73 Å². The van der Waals surface area contributed by atoms with Crippen molar-refractivity contribution in [3.8, 4) is 11.5 Å². The summed E-state index contributed by atoms with van der Waals surface area (Å²) in [6.45, 7) is 1.12. The Hall–Kier alpha value is -2.46. The standard InChI is InChI=1S/C14H15AsN2O8S/c1-8(18)17-13-6-9(19)2-4-11(13)15(21,22)25-26(23,24)10-3-5-14(20)12(16)7-10/h2-7,19-20H,16H2,1H3,(H,17,18)(H,21,22). The van der Waals surface area contributed by atoms with Gasteiger partial charge < -0.3 is 0 Å². The van der Waals surface area contributed by atoms with E-state index in [-0.39, 0.29) is 22.9 Å². The number of nitrogens with one attached hydrogen (secondary N) is 1. The number of nitrogens with two attached hydrogens (primary N) is 1. The molecule has 1 atom stereocenters. The SMILES string of the molecule is CC(=O)Nc1cc(O)ccc1[As](=O)(O)OS(=O)(=O)c1ccc(O)c(N)c1. The molecule has 26 heavy (non-hydrogen) atoms. The molecule has 2 aromatic rings. The van der Waals surface area contributed by atoms with Crippen LogP contribution in [0.5, 0.6) is 11.5 Å². The molecular weight excluding hydrogens is 431 g/mol. The van der Waals surface area contributed by atoms with E-state index < -0.39 is 39.4 Å². The predicted octanol–water partition coefficient (Wildman–Crippen LogP) is -0.387. The first-order valence-corrected chi connectivity index (χ1v) is 11.6. The molecule has 2 rings (SSSR count). The van der Waals surface area contributed by atoms with Gasteiger partial charge in [0.15, 0.2) is 0 Å². The molecular formula is C14H15AsN2O8S. The van der Waals surface area contributed by atoms with Gasteiger partial charge in [-0.15, -0.1) is 0 Å². The summed E-state index contributed by atoms with van der Waals surface area (Å²) in [5, 5.41) is 21.0. The molecule has 6 N–H and O–H groups in total. The molecule has 0 spiro atoms. The first-order valence-electron chi connectivity index (χ1n) is 6.91. The minimum absolute atomic E-state index is 0.261. The van der Waals surface area contributed by atoms with Crippen LogP contribution in [-0.2, 0) is 21.8 Å². The first-order chi connectivity index (χ1) is 11.9. The third kappa shape index (κ3) is 4.38. The van der Waals surface area contributed by atoms with Crippen LogP contribution in [0.15, 0.2) is 41.3 Å². The normalized spacial score (nSPS) is 13.8. The van der Waals surface area contributed by atoms with Gasteiger partial charge in [0.1, 0.15) is 0 Å². The van der Waals surface area contributed by atoms with Gasteiger partial charge >= 0.3 is 151 Å². The molecule has 2 aromatic carbocycles. The Labute approximate surface area is 151 Å². The Kier molecular flexibility index (Phi) is 5.38. The van der Waals surface area contributed by atoms with Crippen LogP contribution >= 0.6 is 0 Å². The van der Waals surface area contributed by atoms with Crippen molar-refractivity contribution in [3.05, 3.63) is 36.4 Å². The van der Waals surface area contributed by atoms with Crippen molar-refractivity contribution in [2.24, 2.45) is 0 Å². The van der Waals surface area contributed by atoms with Crippen molar-refractivity contribution >= 4 is 45.9 Å². The van der Waals surface area contributed by atoms with Crippen molar-refractivity contribution in [1.29, 1.82) is 0 Å². The fraction of sp³-hybridized carbons (Fsp3) is 0.0714. The molecule has 0 aliphatic heterocycles. The number of hydrogen-bond acceptors (Lipinski definition) is 8. The van der Waals surface area contributed by atoms with Crippen LogP contribution in [0.4, 0.5) is 11.4 Å².